The van der Waals surface area contributed by atoms with Crippen molar-refractivity contribution in [2.45, 2.75) is 13.8 Å². The van der Waals surface area contributed by atoms with Crippen LogP contribution in [-0.2, 0) is 0 Å². The lowest BCUT2D eigenvalue weighted by molar-refractivity contribution is 0.102. The molecule has 0 aliphatic rings. The number of anilines is 2. The number of thiophene rings is 1. The predicted molar refractivity (Wildman–Crippen MR) is 79.2 cm³/mol. The average Bonchev–Trinajstić information content (AvgIpc) is 2.64. The summed E-state index contributed by atoms with van der Waals surface area (Å²) in [5, 5.41) is 3.39. The van der Waals surface area contributed by atoms with Crippen molar-refractivity contribution in [2.24, 2.45) is 0 Å². The largest absolute Gasteiger partial charge is 0.497 e. The normalized spacial score (nSPS) is 10.3. The highest BCUT2D eigenvalue weighted by molar-refractivity contribution is 7.16. The Kier molecular flexibility index (Phi) is 3.76. The zero-order chi connectivity index (χ0) is 14.0. The number of nitrogens with two attached hydrogens (primary N) is 1. The number of ether oxygens (including phenoxy) is 1. The number of nitrogen functional groups attached to an aromatic ring is 1. The molecule has 0 saturated carbocycles. The minimum Gasteiger partial charge on any atom is -0.497 e. The van der Waals surface area contributed by atoms with Crippen molar-refractivity contribution in [1.82, 2.24) is 0 Å². The lowest BCUT2D eigenvalue weighted by Gasteiger charge is -2.07. The van der Waals surface area contributed by atoms with Gasteiger partial charge in [-0.3, -0.25) is 4.79 Å². The average molecular weight is 276 g/mol. The highest BCUT2D eigenvalue weighted by atomic mass is 32.1. The fraction of sp³-hybridized carbons (Fsp3) is 0.214. The summed E-state index contributed by atoms with van der Waals surface area (Å²) in [4.78, 5) is 13.3. The van der Waals surface area contributed by atoms with E-state index in [9.17, 15) is 4.79 Å². The van der Waals surface area contributed by atoms with E-state index in [0.717, 1.165) is 16.2 Å². The number of hydrogen-bond acceptors (Lipinski definition) is 4. The third-order valence-electron chi connectivity index (χ3n) is 2.99. The molecule has 0 radical (unpaired) electrons. The first-order valence-electron chi connectivity index (χ1n) is 5.83. The second-order valence-corrected chi connectivity index (χ2v) is 5.46. The van der Waals surface area contributed by atoms with Crippen molar-refractivity contribution >= 4 is 27.9 Å². The third kappa shape index (κ3) is 2.71. The van der Waals surface area contributed by atoms with Crippen LogP contribution in [0.3, 0.4) is 0 Å². The Bertz CT molecular complexity index is 603. The van der Waals surface area contributed by atoms with E-state index >= 15 is 0 Å². The van der Waals surface area contributed by atoms with Crippen molar-refractivity contribution in [3.63, 3.8) is 0 Å². The predicted octanol–water partition coefficient (Wildman–Crippen LogP) is 3.21. The van der Waals surface area contributed by atoms with Crippen LogP contribution in [0.4, 0.5) is 10.7 Å². The molecule has 1 amide bonds. The summed E-state index contributed by atoms with van der Waals surface area (Å²) >= 11 is 1.44. The van der Waals surface area contributed by atoms with Crippen molar-refractivity contribution in [3.8, 4) is 5.75 Å². The van der Waals surface area contributed by atoms with Gasteiger partial charge in [-0.05, 0) is 43.7 Å². The number of carbonyl (C=O) groups excluding carboxylic acids is 1. The van der Waals surface area contributed by atoms with E-state index in [0.29, 0.717) is 16.3 Å². The molecule has 0 fully saturated rings. The molecule has 1 heterocycles. The second-order valence-electron chi connectivity index (χ2n) is 4.21. The number of aryl methyl sites for hydroxylation is 1. The molecule has 0 spiro atoms. The van der Waals surface area contributed by atoms with E-state index in [2.05, 4.69) is 5.32 Å². The summed E-state index contributed by atoms with van der Waals surface area (Å²) in [7, 11) is 1.60. The molecular formula is C14H16N2O2S. The van der Waals surface area contributed by atoms with Crippen molar-refractivity contribution in [2.75, 3.05) is 18.2 Å². The van der Waals surface area contributed by atoms with Crippen molar-refractivity contribution in [3.05, 3.63) is 40.3 Å². The maximum Gasteiger partial charge on any atom is 0.258 e. The minimum atomic E-state index is -0.176. The van der Waals surface area contributed by atoms with Crippen LogP contribution in [0.5, 0.6) is 5.75 Å². The molecule has 4 nitrogen and oxygen atoms in total. The lowest BCUT2D eigenvalue weighted by atomic mass is 10.1. The summed E-state index contributed by atoms with van der Waals surface area (Å²) in [6, 6.07) is 7.18. The summed E-state index contributed by atoms with van der Waals surface area (Å²) in [6.45, 7) is 3.87. The molecule has 0 bridgehead atoms. The zero-order valence-corrected chi connectivity index (χ0v) is 11.9. The summed E-state index contributed by atoms with van der Waals surface area (Å²) in [5.41, 5.74) is 8.10. The quantitative estimate of drug-likeness (QED) is 0.904. The van der Waals surface area contributed by atoms with Crippen LogP contribution in [0.1, 0.15) is 20.8 Å². The Hall–Kier alpha value is -2.01. The molecule has 0 aliphatic carbocycles. The number of methoxy groups -OCH3 is 1. The Morgan fingerprint density at radius 1 is 1.26 bits per heavy atom. The second kappa shape index (κ2) is 5.32. The Morgan fingerprint density at radius 3 is 2.37 bits per heavy atom. The first-order chi connectivity index (χ1) is 9.02. The minimum absolute atomic E-state index is 0.176. The topological polar surface area (TPSA) is 64.3 Å². The molecule has 1 aromatic carbocycles. The van der Waals surface area contributed by atoms with Gasteiger partial charge in [0.1, 0.15) is 5.75 Å². The van der Waals surface area contributed by atoms with Crippen LogP contribution in [0.15, 0.2) is 24.3 Å². The standard InChI is InChI=1S/C14H16N2O2S/c1-8-9(2)19-13(15)12(8)14(17)16-10-4-6-11(18-3)7-5-10/h4-7H,15H2,1-3H3,(H,16,17). The van der Waals surface area contributed by atoms with Gasteiger partial charge < -0.3 is 15.8 Å². The van der Waals surface area contributed by atoms with E-state index < -0.39 is 0 Å². The Balaban J connectivity index is 2.20. The van der Waals surface area contributed by atoms with Gasteiger partial charge in [0.2, 0.25) is 0 Å². The fourth-order valence-corrected chi connectivity index (χ4v) is 2.74. The van der Waals surface area contributed by atoms with E-state index in [4.69, 9.17) is 10.5 Å². The van der Waals surface area contributed by atoms with Crippen molar-refractivity contribution in [1.29, 1.82) is 0 Å². The van der Waals surface area contributed by atoms with Gasteiger partial charge in [0.05, 0.1) is 17.7 Å². The molecule has 2 rings (SSSR count). The smallest absolute Gasteiger partial charge is 0.258 e. The number of benzene rings is 1. The SMILES string of the molecule is COc1ccc(NC(=O)c2c(N)sc(C)c2C)cc1. The number of hydrogen-bond donors (Lipinski definition) is 2. The van der Waals surface area contributed by atoms with Gasteiger partial charge in [-0.1, -0.05) is 0 Å². The lowest BCUT2D eigenvalue weighted by Crippen LogP contribution is -2.13. The molecule has 0 saturated heterocycles. The van der Waals surface area contributed by atoms with Crippen LogP contribution < -0.4 is 15.8 Å². The molecule has 5 heteroatoms. The molecule has 0 atom stereocenters. The molecule has 0 unspecified atom stereocenters. The summed E-state index contributed by atoms with van der Waals surface area (Å²) < 4.78 is 5.07. The molecule has 19 heavy (non-hydrogen) atoms. The first kappa shape index (κ1) is 13.4. The highest BCUT2D eigenvalue weighted by Gasteiger charge is 2.17. The number of rotatable bonds is 3. The molecule has 0 aliphatic heterocycles. The van der Waals surface area contributed by atoms with Crippen LogP contribution in [0.25, 0.3) is 0 Å². The zero-order valence-electron chi connectivity index (χ0n) is 11.1. The molecular weight excluding hydrogens is 260 g/mol. The number of amides is 1. The van der Waals surface area contributed by atoms with Crippen LogP contribution in [-0.4, -0.2) is 13.0 Å². The Morgan fingerprint density at radius 2 is 1.89 bits per heavy atom. The Labute approximate surface area is 116 Å². The molecule has 100 valence electrons. The van der Waals surface area contributed by atoms with E-state index in [1.54, 1.807) is 31.4 Å². The number of carbonyl (C=O) groups is 1. The number of nitrogens with one attached hydrogen (secondary N) is 1. The van der Waals surface area contributed by atoms with Gasteiger partial charge in [0.25, 0.3) is 5.91 Å². The maximum atomic E-state index is 12.2. The monoisotopic (exact) mass is 276 g/mol. The van der Waals surface area contributed by atoms with Gasteiger partial charge in [0.15, 0.2) is 0 Å². The van der Waals surface area contributed by atoms with E-state index in [-0.39, 0.29) is 5.91 Å². The van der Waals surface area contributed by atoms with Crippen LogP contribution in [0.2, 0.25) is 0 Å². The maximum absolute atomic E-state index is 12.2. The van der Waals surface area contributed by atoms with Crippen molar-refractivity contribution < 1.29 is 9.53 Å². The van der Waals surface area contributed by atoms with Gasteiger partial charge in [-0.15, -0.1) is 11.3 Å². The molecule has 2 aromatic rings. The molecule has 1 aromatic heterocycles. The third-order valence-corrected chi connectivity index (χ3v) is 4.02. The first-order valence-corrected chi connectivity index (χ1v) is 6.65. The summed E-state index contributed by atoms with van der Waals surface area (Å²) in [5.74, 6) is 0.574. The highest BCUT2D eigenvalue weighted by Crippen LogP contribution is 2.30. The molecule has 3 N–H and O–H groups in total. The summed E-state index contributed by atoms with van der Waals surface area (Å²) in [6.07, 6.45) is 0. The van der Waals surface area contributed by atoms with Gasteiger partial charge >= 0.3 is 0 Å². The van der Waals surface area contributed by atoms with E-state index in [1.165, 1.54) is 11.3 Å². The van der Waals surface area contributed by atoms with Gasteiger partial charge in [0, 0.05) is 10.6 Å². The van der Waals surface area contributed by atoms with E-state index in [1.807, 2.05) is 13.8 Å². The van der Waals surface area contributed by atoms with Gasteiger partial charge in [-0.25, -0.2) is 0 Å². The fourth-order valence-electron chi connectivity index (χ4n) is 1.80. The van der Waals surface area contributed by atoms with Crippen LogP contribution >= 0.6 is 11.3 Å². The van der Waals surface area contributed by atoms with Crippen LogP contribution in [0, 0.1) is 13.8 Å². The van der Waals surface area contributed by atoms with Gasteiger partial charge in [-0.2, -0.15) is 0 Å².